The van der Waals surface area contributed by atoms with E-state index >= 15 is 0 Å². The Balaban J connectivity index is 0.000000225. The zero-order valence-corrected chi connectivity index (χ0v) is 60.5. The minimum absolute atomic E-state index is 0.00685. The van der Waals surface area contributed by atoms with Gasteiger partial charge in [-0.25, -0.2) is 22.4 Å². The highest BCUT2D eigenvalue weighted by Gasteiger charge is 2.61. The van der Waals surface area contributed by atoms with Crippen LogP contribution in [-0.2, 0) is 36.3 Å². The Morgan fingerprint density at radius 2 is 1.25 bits per heavy atom. The number of aliphatic hydroxyl groups excluding tert-OH is 2. The summed E-state index contributed by atoms with van der Waals surface area (Å²) in [4.78, 5) is 80.2. The lowest BCUT2D eigenvalue weighted by molar-refractivity contribution is 0.0476. The summed E-state index contributed by atoms with van der Waals surface area (Å²) in [6, 6.07) is 24.5. The average molecular weight is 1430 g/mol. The number of pyridine rings is 1. The molecule has 29 heteroatoms. The van der Waals surface area contributed by atoms with Crippen molar-refractivity contribution in [1.82, 2.24) is 14.8 Å². The van der Waals surface area contributed by atoms with Crippen molar-refractivity contribution in [3.8, 4) is 11.5 Å². The van der Waals surface area contributed by atoms with Crippen molar-refractivity contribution in [2.24, 2.45) is 17.6 Å². The van der Waals surface area contributed by atoms with Crippen molar-refractivity contribution in [1.29, 1.82) is 0 Å². The number of halogens is 4. The highest BCUT2D eigenvalue weighted by Crippen LogP contribution is 3.04. The van der Waals surface area contributed by atoms with E-state index in [0.29, 0.717) is 31.9 Å². The molecule has 3 heterocycles. The third-order valence-electron chi connectivity index (χ3n) is 15.2. The van der Waals surface area contributed by atoms with E-state index in [1.165, 1.54) is 18.3 Å². The number of ketones is 2. The van der Waals surface area contributed by atoms with Crippen LogP contribution in [0.4, 0.5) is 17.6 Å². The molecule has 0 bridgehead atoms. The predicted molar refractivity (Wildman–Crippen MR) is 373 cm³/mol. The second-order valence-corrected chi connectivity index (χ2v) is 53.0. The van der Waals surface area contributed by atoms with Gasteiger partial charge in [-0.3, -0.25) is 24.0 Å². The Kier molecular flexibility index (Phi) is 29.9. The van der Waals surface area contributed by atoms with Crippen LogP contribution in [0.3, 0.4) is 0 Å². The van der Waals surface area contributed by atoms with Crippen LogP contribution in [0, 0.1) is 35.1 Å². The van der Waals surface area contributed by atoms with Gasteiger partial charge in [-0.15, -0.1) is 44.6 Å². The fourth-order valence-electron chi connectivity index (χ4n) is 9.86. The number of esters is 1. The fourth-order valence-corrected chi connectivity index (χ4v) is 71.0. The van der Waals surface area contributed by atoms with Gasteiger partial charge in [0.15, 0.2) is 23.0 Å². The maximum Gasteiger partial charge on any atom is 0.378 e. The highest BCUT2D eigenvalue weighted by atomic mass is 33.2. The van der Waals surface area contributed by atoms with Gasteiger partial charge < -0.3 is 49.4 Å². The lowest BCUT2D eigenvalue weighted by atomic mass is 9.99. The number of aromatic nitrogens is 1. The molecule has 1 aliphatic heterocycles. The monoisotopic (exact) mass is 1430 g/mol. The summed E-state index contributed by atoms with van der Waals surface area (Å²) in [7, 11) is 15.6. The van der Waals surface area contributed by atoms with E-state index in [1.54, 1.807) is 40.7 Å². The molecule has 1 spiro atoms. The number of aryl methyl sites for hydroxylation is 2. The van der Waals surface area contributed by atoms with Gasteiger partial charge in [-0.05, 0) is 102 Å². The van der Waals surface area contributed by atoms with Crippen LogP contribution in [0.5, 0.6) is 11.5 Å². The van der Waals surface area contributed by atoms with Crippen LogP contribution >= 0.6 is 73.6 Å². The summed E-state index contributed by atoms with van der Waals surface area (Å²) in [5, 5.41) is 22.1. The molecular weight excluding hydrogens is 1350 g/mol. The Hall–Kier alpha value is -3.91. The molecule has 2 saturated carbocycles. The molecule has 16 nitrogen and oxygen atoms in total. The van der Waals surface area contributed by atoms with Crippen molar-refractivity contribution >= 4 is 97.0 Å². The van der Waals surface area contributed by atoms with Crippen LogP contribution < -0.4 is 31.4 Å². The normalized spacial score (nSPS) is 18.0. The molecule has 3 aliphatic rings. The van der Waals surface area contributed by atoms with Crippen LogP contribution in [0.2, 0.25) is 0 Å². The summed E-state index contributed by atoms with van der Waals surface area (Å²) in [6.45, 7) is 11.5. The maximum absolute atomic E-state index is 14.2. The second-order valence-electron chi connectivity index (χ2n) is 22.4. The first kappa shape index (κ1) is 76.1. The molecule has 91 heavy (non-hydrogen) atoms. The summed E-state index contributed by atoms with van der Waals surface area (Å²) < 4.78 is 77.7. The van der Waals surface area contributed by atoms with E-state index in [0.717, 1.165) is 62.6 Å². The third kappa shape index (κ3) is 20.8. The SMILES string of the molecule is CC(C)N1C[C@]2(C[C@H]2CO)n2cc(C(=O)CCc3ccc(F)cc3F)c(=O)c(OCc3ccccc3)c2C1=O.CC(C)NC[C@@]1(N)C[C@H]1CO.CCOC(=O)c1occ(C(=O)CCc2ccc(F)cc2F)c(=O)c1OCc1ccccc1.PPP(P(P)P)P(P)P. The van der Waals surface area contributed by atoms with Gasteiger partial charge in [0.25, 0.3) is 11.7 Å². The smallest absolute Gasteiger partial charge is 0.378 e. The number of nitrogens with zero attached hydrogens (tertiary/aromatic N) is 2. The second kappa shape index (κ2) is 35.7. The van der Waals surface area contributed by atoms with Crippen LogP contribution in [0.1, 0.15) is 124 Å². The Morgan fingerprint density at radius 3 is 1.68 bits per heavy atom. The van der Waals surface area contributed by atoms with Crippen molar-refractivity contribution in [3.63, 3.8) is 0 Å². The van der Waals surface area contributed by atoms with Gasteiger partial charge >= 0.3 is 5.97 Å². The molecule has 5 N–H and O–H groups in total. The molecule has 9 rings (SSSR count). The molecule has 0 radical (unpaired) electrons. The summed E-state index contributed by atoms with van der Waals surface area (Å²) >= 11 is 0. The summed E-state index contributed by atoms with van der Waals surface area (Å²) in [5.41, 5.74) is 4.95. The first-order valence-corrected chi connectivity index (χ1v) is 44.6. The molecule has 2 aliphatic carbocycles. The molecule has 6 aromatic rings. The van der Waals surface area contributed by atoms with Crippen molar-refractivity contribution in [2.75, 3.05) is 32.9 Å². The van der Waals surface area contributed by atoms with E-state index in [2.05, 4.69) is 63.8 Å². The summed E-state index contributed by atoms with van der Waals surface area (Å²) in [5.74, 6) is -6.39. The zero-order chi connectivity index (χ0) is 66.9. The van der Waals surface area contributed by atoms with Gasteiger partial charge in [0.2, 0.25) is 16.6 Å². The molecule has 2 fully saturated rings. The number of hydrogen-bond donors (Lipinski definition) is 4. The number of carbonyl (C=O) groups is 4. The van der Waals surface area contributed by atoms with Gasteiger partial charge in [-0.2, -0.15) is 0 Å². The van der Waals surface area contributed by atoms with Crippen molar-refractivity contribution in [2.45, 2.75) is 110 Å². The van der Waals surface area contributed by atoms with Gasteiger partial charge in [0, 0.05) is 86.9 Å². The van der Waals surface area contributed by atoms with E-state index in [-0.39, 0.29) is 130 Å². The Morgan fingerprint density at radius 1 is 0.747 bits per heavy atom. The number of benzene rings is 4. The minimum Gasteiger partial charge on any atom is -0.483 e. The van der Waals surface area contributed by atoms with E-state index in [9.17, 15) is 51.4 Å². The maximum atomic E-state index is 14.2. The van der Waals surface area contributed by atoms with Crippen LogP contribution in [0.15, 0.2) is 124 Å². The number of nitrogens with one attached hydrogen (secondary N) is 1. The van der Waals surface area contributed by atoms with E-state index in [1.807, 2.05) is 50.2 Å². The molecule has 4 aromatic carbocycles. The number of aliphatic hydroxyl groups is 2. The number of rotatable bonds is 25. The lowest BCUT2D eigenvalue weighted by Gasteiger charge is -2.40. The minimum atomic E-state index is -0.903. The Labute approximate surface area is 544 Å². The number of carbonyl (C=O) groups excluding carboxylic acids is 4. The summed E-state index contributed by atoms with van der Waals surface area (Å²) in [6.07, 6.45) is 3.30. The molecule has 492 valence electrons. The van der Waals surface area contributed by atoms with E-state index < -0.39 is 68.7 Å². The first-order chi connectivity index (χ1) is 43.2. The average Bonchev–Trinajstić information content (AvgIpc) is 1.55. The number of nitrogens with two attached hydrogens (primary N) is 1. The Bertz CT molecular complexity index is 3590. The molecule has 10 atom stereocenters. The van der Waals surface area contributed by atoms with Crippen LogP contribution in [-0.4, -0.2) is 93.7 Å². The predicted octanol–water partition coefficient (Wildman–Crippen LogP) is 13.1. The molecule has 2 aromatic heterocycles. The van der Waals surface area contributed by atoms with E-state index in [4.69, 9.17) is 29.5 Å². The quantitative estimate of drug-likeness (QED) is 0.0181. The zero-order valence-electron chi connectivity index (χ0n) is 51.1. The highest BCUT2D eigenvalue weighted by molar-refractivity contribution is 9.10. The van der Waals surface area contributed by atoms with Gasteiger partial charge in [-0.1, -0.05) is 94.6 Å². The number of fused-ring (bicyclic) bond motifs is 2. The van der Waals surface area contributed by atoms with Gasteiger partial charge in [0.1, 0.15) is 48.3 Å². The first-order valence-electron chi connectivity index (χ1n) is 29.0. The third-order valence-corrected chi connectivity index (χ3v) is 59.5. The molecular formula is C62H79F4N4O12P9. The van der Waals surface area contributed by atoms with Crippen molar-refractivity contribution in [3.05, 3.63) is 198 Å². The largest absolute Gasteiger partial charge is 0.483 e. The number of hydrogen-bond acceptors (Lipinski definition) is 14. The lowest BCUT2D eigenvalue weighted by Crippen LogP contribution is -2.52. The topological polar surface area (TPSA) is 230 Å². The number of amides is 1. The van der Waals surface area contributed by atoms with Crippen LogP contribution in [0.25, 0.3) is 0 Å². The number of Topliss-reactive ketones (excluding diaryl/α,β-unsaturated/α-hetero) is 2. The number of ether oxygens (including phenoxy) is 3. The van der Waals surface area contributed by atoms with Gasteiger partial charge in [0.05, 0.1) is 17.7 Å². The standard InChI is InChI=1S/C30H30F2N2O5.C24H20F2O6.C8H18N2O.H11P9/c1-18(2)33-17-30(13-21(30)15-35)34-14-23(25(36)11-9-20-8-10-22(31)12-24(20)32)27(37)28(26(34)29(33)38)39-16-19-6-4-3-5-7-19;1-2-30-24(29)23-22(31-13-15-6-4-3-5-7-15)21(28)18(14-32-23)20(27)11-9-16-8-10-17(25)12-19(16)26;1-6(2)10-5-8(9)3-7(8)4-11;1-6-9(7(2)3)8(4)5/h3-8,10,12,14,18,21,35H,9,11,13,15-17H2,1-2H3;3-8,10,12,14H,2,9,11,13H2,1H3;6-7,10-11H,3-5,9H2,1-2H3;6H,1-5H2/t21-,30-;;7-,8-;/m0.0./s1. The molecule has 6 unspecified atom stereocenters. The fraction of sp³-hybridized carbons (Fsp3) is 0.387. The molecule has 0 saturated heterocycles. The molecule has 1 amide bonds. The van der Waals surface area contributed by atoms with Crippen molar-refractivity contribution < 1.29 is 65.6 Å².